The molecular weight excluding hydrogens is 333 g/mol. The highest BCUT2D eigenvalue weighted by Crippen LogP contribution is 2.23. The first-order valence-electron chi connectivity index (χ1n) is 5.92. The van der Waals surface area contributed by atoms with Gasteiger partial charge in [0.15, 0.2) is 0 Å². The molecule has 0 aliphatic rings. The van der Waals surface area contributed by atoms with E-state index in [9.17, 15) is 4.39 Å². The van der Waals surface area contributed by atoms with Crippen LogP contribution in [-0.2, 0) is 20.0 Å². The highest BCUT2D eigenvalue weighted by atomic mass is 79.9. The van der Waals surface area contributed by atoms with Gasteiger partial charge in [0.2, 0.25) is 0 Å². The number of rotatable bonds is 4. The number of nitrogens with zero attached hydrogens (tertiary/aromatic N) is 2. The van der Waals surface area contributed by atoms with Gasteiger partial charge in [0, 0.05) is 12.7 Å². The summed E-state index contributed by atoms with van der Waals surface area (Å²) in [6.45, 7) is 2.62. The Morgan fingerprint density at radius 2 is 2.21 bits per heavy atom. The Labute approximate surface area is 124 Å². The normalized spacial score (nSPS) is 10.8. The first kappa shape index (κ1) is 14.3. The third-order valence-corrected chi connectivity index (χ3v) is 4.10. The predicted molar refractivity (Wildman–Crippen MR) is 79.0 cm³/mol. The van der Waals surface area contributed by atoms with Crippen LogP contribution in [0.3, 0.4) is 0 Å². The standard InChI is InChI=1S/C13H14BrClFN3/c1-3-11-13(14)12(19(2)18-11)7-17-8-4-5-9(15)10(16)6-8/h4-6,17H,3,7H2,1-2H3. The van der Waals surface area contributed by atoms with Gasteiger partial charge in [-0.1, -0.05) is 18.5 Å². The van der Waals surface area contributed by atoms with E-state index in [4.69, 9.17) is 11.6 Å². The van der Waals surface area contributed by atoms with Gasteiger partial charge in [-0.2, -0.15) is 5.10 Å². The number of benzene rings is 1. The maximum absolute atomic E-state index is 13.3. The summed E-state index contributed by atoms with van der Waals surface area (Å²) >= 11 is 9.19. The van der Waals surface area contributed by atoms with E-state index >= 15 is 0 Å². The molecule has 0 unspecified atom stereocenters. The zero-order valence-electron chi connectivity index (χ0n) is 10.7. The highest BCUT2D eigenvalue weighted by molar-refractivity contribution is 9.10. The quantitative estimate of drug-likeness (QED) is 0.901. The number of hydrogen-bond acceptors (Lipinski definition) is 2. The lowest BCUT2D eigenvalue weighted by molar-refractivity contribution is 0.628. The summed E-state index contributed by atoms with van der Waals surface area (Å²) in [7, 11) is 1.89. The monoisotopic (exact) mass is 345 g/mol. The van der Waals surface area contributed by atoms with Gasteiger partial charge in [-0.15, -0.1) is 0 Å². The van der Waals surface area contributed by atoms with Crippen molar-refractivity contribution in [1.82, 2.24) is 9.78 Å². The van der Waals surface area contributed by atoms with E-state index in [1.54, 1.807) is 6.07 Å². The van der Waals surface area contributed by atoms with Gasteiger partial charge in [0.25, 0.3) is 0 Å². The van der Waals surface area contributed by atoms with Gasteiger partial charge in [0.05, 0.1) is 27.4 Å². The zero-order chi connectivity index (χ0) is 14.0. The van der Waals surface area contributed by atoms with Gasteiger partial charge in [-0.25, -0.2) is 4.39 Å². The van der Waals surface area contributed by atoms with E-state index in [1.165, 1.54) is 12.1 Å². The summed E-state index contributed by atoms with van der Waals surface area (Å²) in [6, 6.07) is 4.67. The van der Waals surface area contributed by atoms with Crippen LogP contribution < -0.4 is 5.32 Å². The van der Waals surface area contributed by atoms with Crippen molar-refractivity contribution >= 4 is 33.2 Å². The van der Waals surface area contributed by atoms with E-state index in [0.717, 1.165) is 22.3 Å². The molecule has 3 nitrogen and oxygen atoms in total. The molecule has 0 bridgehead atoms. The molecule has 2 rings (SSSR count). The average Bonchev–Trinajstić information content (AvgIpc) is 2.66. The summed E-state index contributed by atoms with van der Waals surface area (Å²) in [6.07, 6.45) is 0.865. The lowest BCUT2D eigenvalue weighted by Gasteiger charge is -2.08. The Kier molecular flexibility index (Phi) is 4.47. The molecule has 1 aromatic carbocycles. The number of halogens is 3. The molecule has 2 aromatic rings. The van der Waals surface area contributed by atoms with Crippen molar-refractivity contribution in [1.29, 1.82) is 0 Å². The third kappa shape index (κ3) is 3.09. The molecule has 1 aromatic heterocycles. The smallest absolute Gasteiger partial charge is 0.143 e. The van der Waals surface area contributed by atoms with Crippen molar-refractivity contribution in [3.63, 3.8) is 0 Å². The van der Waals surface area contributed by atoms with Crippen LogP contribution in [0.15, 0.2) is 22.7 Å². The summed E-state index contributed by atoms with van der Waals surface area (Å²) < 4.78 is 16.1. The molecule has 0 saturated heterocycles. The number of hydrogen-bond donors (Lipinski definition) is 1. The second-order valence-corrected chi connectivity index (χ2v) is 5.37. The molecule has 0 aliphatic carbocycles. The molecule has 19 heavy (non-hydrogen) atoms. The van der Waals surface area contributed by atoms with Crippen molar-refractivity contribution in [2.45, 2.75) is 19.9 Å². The second kappa shape index (κ2) is 5.92. The summed E-state index contributed by atoms with van der Waals surface area (Å²) in [5.74, 6) is -0.426. The van der Waals surface area contributed by atoms with E-state index < -0.39 is 5.82 Å². The van der Waals surface area contributed by atoms with Gasteiger partial charge in [0.1, 0.15) is 5.82 Å². The summed E-state index contributed by atoms with van der Waals surface area (Å²) in [5.41, 5.74) is 2.72. The first-order valence-corrected chi connectivity index (χ1v) is 7.09. The Balaban J connectivity index is 2.14. The minimum absolute atomic E-state index is 0.125. The predicted octanol–water partition coefficient (Wildman–Crippen LogP) is 4.15. The van der Waals surface area contributed by atoms with Crippen LogP contribution in [0.25, 0.3) is 0 Å². The van der Waals surface area contributed by atoms with E-state index in [2.05, 4.69) is 33.3 Å². The number of nitrogens with one attached hydrogen (secondary N) is 1. The molecule has 0 aliphatic heterocycles. The Hall–Kier alpha value is -1.07. The molecule has 0 fully saturated rings. The maximum Gasteiger partial charge on any atom is 0.143 e. The van der Waals surface area contributed by atoms with Gasteiger partial charge in [-0.3, -0.25) is 4.68 Å². The van der Waals surface area contributed by atoms with Crippen LogP contribution in [0.1, 0.15) is 18.3 Å². The molecule has 1 heterocycles. The number of aromatic nitrogens is 2. The van der Waals surface area contributed by atoms with E-state index in [1.807, 2.05) is 11.7 Å². The summed E-state index contributed by atoms with van der Waals surface area (Å²) in [5, 5.41) is 7.69. The van der Waals surface area contributed by atoms with Crippen LogP contribution in [0.2, 0.25) is 5.02 Å². The van der Waals surface area contributed by atoms with Gasteiger partial charge < -0.3 is 5.32 Å². The van der Waals surface area contributed by atoms with Crippen molar-refractivity contribution in [3.05, 3.63) is 44.9 Å². The molecule has 102 valence electrons. The molecule has 0 saturated carbocycles. The molecular formula is C13H14BrClFN3. The molecule has 0 amide bonds. The fraction of sp³-hybridized carbons (Fsp3) is 0.308. The van der Waals surface area contributed by atoms with Crippen LogP contribution in [0.5, 0.6) is 0 Å². The van der Waals surface area contributed by atoms with Crippen molar-refractivity contribution in [2.75, 3.05) is 5.32 Å². The van der Waals surface area contributed by atoms with E-state index in [0.29, 0.717) is 12.2 Å². The number of anilines is 1. The molecule has 0 spiro atoms. The summed E-state index contributed by atoms with van der Waals surface area (Å²) in [4.78, 5) is 0. The van der Waals surface area contributed by atoms with Gasteiger partial charge >= 0.3 is 0 Å². The first-order chi connectivity index (χ1) is 9.02. The van der Waals surface area contributed by atoms with Crippen LogP contribution in [0, 0.1) is 5.82 Å². The van der Waals surface area contributed by atoms with Crippen LogP contribution in [0.4, 0.5) is 10.1 Å². The number of aryl methyl sites for hydroxylation is 2. The largest absolute Gasteiger partial charge is 0.379 e. The maximum atomic E-state index is 13.3. The lowest BCUT2D eigenvalue weighted by atomic mass is 10.2. The SMILES string of the molecule is CCc1nn(C)c(CNc2ccc(Cl)c(F)c2)c1Br. The van der Waals surface area contributed by atoms with Crippen molar-refractivity contribution in [2.24, 2.45) is 7.05 Å². The topological polar surface area (TPSA) is 29.9 Å². The third-order valence-electron chi connectivity index (χ3n) is 2.88. The lowest BCUT2D eigenvalue weighted by Crippen LogP contribution is -2.06. The van der Waals surface area contributed by atoms with Crippen molar-refractivity contribution < 1.29 is 4.39 Å². The van der Waals surface area contributed by atoms with Crippen LogP contribution >= 0.6 is 27.5 Å². The molecule has 0 atom stereocenters. The fourth-order valence-corrected chi connectivity index (χ4v) is 2.68. The second-order valence-electron chi connectivity index (χ2n) is 4.17. The van der Waals surface area contributed by atoms with Crippen molar-refractivity contribution in [3.8, 4) is 0 Å². The van der Waals surface area contributed by atoms with Crippen LogP contribution in [-0.4, -0.2) is 9.78 Å². The molecule has 6 heteroatoms. The highest BCUT2D eigenvalue weighted by Gasteiger charge is 2.12. The Morgan fingerprint density at radius 1 is 1.47 bits per heavy atom. The zero-order valence-corrected chi connectivity index (χ0v) is 13.0. The average molecular weight is 347 g/mol. The Bertz CT molecular complexity index is 598. The fourth-order valence-electron chi connectivity index (χ4n) is 1.80. The van der Waals surface area contributed by atoms with E-state index in [-0.39, 0.29) is 5.02 Å². The van der Waals surface area contributed by atoms with Gasteiger partial charge in [-0.05, 0) is 40.5 Å². The Morgan fingerprint density at radius 3 is 2.79 bits per heavy atom. The molecule has 1 N–H and O–H groups in total. The molecule has 0 radical (unpaired) electrons. The minimum atomic E-state index is -0.426. The minimum Gasteiger partial charge on any atom is -0.379 e.